The molecule has 0 radical (unpaired) electrons. The number of ketones is 2. The van der Waals surface area contributed by atoms with Gasteiger partial charge in [-0.2, -0.15) is 0 Å². The van der Waals surface area contributed by atoms with E-state index in [2.05, 4.69) is 10.6 Å². The van der Waals surface area contributed by atoms with E-state index in [4.69, 9.17) is 0 Å². The number of allylic oxidation sites excluding steroid dienone is 4. The summed E-state index contributed by atoms with van der Waals surface area (Å²) in [4.78, 5) is 21.7. The molecule has 4 heteroatoms. The fourth-order valence-corrected chi connectivity index (χ4v) is 1.46. The highest BCUT2D eigenvalue weighted by molar-refractivity contribution is 5.88. The molecule has 1 atom stereocenters. The van der Waals surface area contributed by atoms with Gasteiger partial charge >= 0.3 is 0 Å². The number of rotatable bonds is 7. The molecule has 0 aromatic rings. The molecule has 0 aromatic carbocycles. The summed E-state index contributed by atoms with van der Waals surface area (Å²) >= 11 is 0. The van der Waals surface area contributed by atoms with E-state index in [-0.39, 0.29) is 17.6 Å². The van der Waals surface area contributed by atoms with E-state index in [1.54, 1.807) is 12.2 Å². The molecule has 0 saturated carbocycles. The van der Waals surface area contributed by atoms with Crippen molar-refractivity contribution in [3.8, 4) is 0 Å². The SMILES string of the molecule is CC(=O)/C=C(/C)NCC(C)N/C(C)=C\C(C)=O. The minimum absolute atomic E-state index is 0.0304. The van der Waals surface area contributed by atoms with Gasteiger partial charge in [-0.3, -0.25) is 9.59 Å². The van der Waals surface area contributed by atoms with Crippen LogP contribution in [0.3, 0.4) is 0 Å². The molecule has 0 aliphatic rings. The van der Waals surface area contributed by atoms with Crippen LogP contribution in [0.4, 0.5) is 0 Å². The Bertz CT molecular complexity index is 343. The zero-order valence-electron chi connectivity index (χ0n) is 11.3. The fraction of sp³-hybridized carbons (Fsp3) is 0.538. The van der Waals surface area contributed by atoms with Crippen LogP contribution in [0.2, 0.25) is 0 Å². The summed E-state index contributed by atoms with van der Waals surface area (Å²) in [5.74, 6) is 0.0612. The molecule has 2 N–H and O–H groups in total. The van der Waals surface area contributed by atoms with E-state index in [0.717, 1.165) is 11.4 Å². The monoisotopic (exact) mass is 238 g/mol. The number of hydrogen-bond acceptors (Lipinski definition) is 4. The minimum Gasteiger partial charge on any atom is -0.386 e. The van der Waals surface area contributed by atoms with Crippen molar-refractivity contribution in [3.63, 3.8) is 0 Å². The molecule has 0 fully saturated rings. The van der Waals surface area contributed by atoms with E-state index in [1.165, 1.54) is 13.8 Å². The van der Waals surface area contributed by atoms with Crippen LogP contribution in [-0.2, 0) is 9.59 Å². The Morgan fingerprint density at radius 3 is 1.94 bits per heavy atom. The summed E-state index contributed by atoms with van der Waals surface area (Å²) in [5.41, 5.74) is 1.69. The molecule has 0 rings (SSSR count). The van der Waals surface area contributed by atoms with E-state index >= 15 is 0 Å². The Balaban J connectivity index is 4.08. The largest absolute Gasteiger partial charge is 0.386 e. The van der Waals surface area contributed by atoms with Crippen LogP contribution in [-0.4, -0.2) is 24.2 Å². The molecule has 0 aliphatic carbocycles. The average molecular weight is 238 g/mol. The zero-order chi connectivity index (χ0) is 13.4. The van der Waals surface area contributed by atoms with Gasteiger partial charge in [-0.25, -0.2) is 0 Å². The highest BCUT2D eigenvalue weighted by atomic mass is 16.1. The standard InChI is InChI=1S/C13H22N2O2/c1-9(6-12(4)16)14-8-11(3)15-10(2)7-13(5)17/h6-7,11,14-15H,8H2,1-5H3/b9-6-,10-7-. The second kappa shape index (κ2) is 7.65. The Hall–Kier alpha value is -1.58. The van der Waals surface area contributed by atoms with Crippen molar-refractivity contribution in [2.75, 3.05) is 6.54 Å². The van der Waals surface area contributed by atoms with Gasteiger partial charge in [0.1, 0.15) is 0 Å². The fourth-order valence-electron chi connectivity index (χ4n) is 1.46. The van der Waals surface area contributed by atoms with E-state index < -0.39 is 0 Å². The molecule has 0 saturated heterocycles. The van der Waals surface area contributed by atoms with Gasteiger partial charge in [0.25, 0.3) is 0 Å². The minimum atomic E-state index is 0.0304. The molecule has 0 bridgehead atoms. The first kappa shape index (κ1) is 15.4. The number of hydrogen-bond donors (Lipinski definition) is 2. The van der Waals surface area contributed by atoms with Gasteiger partial charge < -0.3 is 10.6 Å². The van der Waals surface area contributed by atoms with Crippen LogP contribution in [0.1, 0.15) is 34.6 Å². The number of carbonyl (C=O) groups excluding carboxylic acids is 2. The highest BCUT2D eigenvalue weighted by Crippen LogP contribution is 1.93. The molecule has 0 aliphatic heterocycles. The van der Waals surface area contributed by atoms with Crippen molar-refractivity contribution in [2.45, 2.75) is 40.7 Å². The molecule has 1 unspecified atom stereocenters. The molecule has 0 aromatic heterocycles. The van der Waals surface area contributed by atoms with Gasteiger partial charge in [0, 0.05) is 24.0 Å². The van der Waals surface area contributed by atoms with Gasteiger partial charge in [0.05, 0.1) is 0 Å². The normalized spacial score (nSPS) is 14.2. The molecule has 0 spiro atoms. The lowest BCUT2D eigenvalue weighted by atomic mass is 10.2. The molecule has 17 heavy (non-hydrogen) atoms. The Kier molecular flexibility index (Phi) is 6.94. The predicted molar refractivity (Wildman–Crippen MR) is 69.5 cm³/mol. The van der Waals surface area contributed by atoms with Crippen molar-refractivity contribution >= 4 is 11.6 Å². The molecule has 0 amide bonds. The Morgan fingerprint density at radius 2 is 1.47 bits per heavy atom. The van der Waals surface area contributed by atoms with Crippen LogP contribution in [0.25, 0.3) is 0 Å². The second-order valence-electron chi connectivity index (χ2n) is 4.30. The van der Waals surface area contributed by atoms with Gasteiger partial charge in [-0.05, 0) is 46.8 Å². The topological polar surface area (TPSA) is 58.2 Å². The van der Waals surface area contributed by atoms with Gasteiger partial charge in [-0.1, -0.05) is 0 Å². The lowest BCUT2D eigenvalue weighted by Crippen LogP contribution is -2.34. The summed E-state index contributed by atoms with van der Waals surface area (Å²) < 4.78 is 0. The van der Waals surface area contributed by atoms with Crippen molar-refractivity contribution in [1.82, 2.24) is 10.6 Å². The van der Waals surface area contributed by atoms with Crippen LogP contribution >= 0.6 is 0 Å². The molecule has 4 nitrogen and oxygen atoms in total. The third-order valence-corrected chi connectivity index (χ3v) is 2.00. The van der Waals surface area contributed by atoms with Crippen molar-refractivity contribution in [1.29, 1.82) is 0 Å². The lowest BCUT2D eigenvalue weighted by molar-refractivity contribution is -0.113. The van der Waals surface area contributed by atoms with Crippen molar-refractivity contribution < 1.29 is 9.59 Å². The smallest absolute Gasteiger partial charge is 0.154 e. The quantitative estimate of drug-likeness (QED) is 0.661. The van der Waals surface area contributed by atoms with Crippen LogP contribution < -0.4 is 10.6 Å². The highest BCUT2D eigenvalue weighted by Gasteiger charge is 2.01. The van der Waals surface area contributed by atoms with Crippen LogP contribution in [0.15, 0.2) is 23.5 Å². The third-order valence-electron chi connectivity index (χ3n) is 2.00. The van der Waals surface area contributed by atoms with E-state index in [1.807, 2.05) is 20.8 Å². The maximum absolute atomic E-state index is 10.8. The maximum Gasteiger partial charge on any atom is 0.154 e. The van der Waals surface area contributed by atoms with Gasteiger partial charge in [0.15, 0.2) is 11.6 Å². The first-order valence-electron chi connectivity index (χ1n) is 5.69. The predicted octanol–water partition coefficient (Wildman–Crippen LogP) is 1.54. The Morgan fingerprint density at radius 1 is 1.00 bits per heavy atom. The molecular weight excluding hydrogens is 216 g/mol. The van der Waals surface area contributed by atoms with Crippen LogP contribution in [0.5, 0.6) is 0 Å². The average Bonchev–Trinajstić information content (AvgIpc) is 2.12. The Labute approximate surface area is 103 Å². The van der Waals surface area contributed by atoms with Gasteiger partial charge in [-0.15, -0.1) is 0 Å². The van der Waals surface area contributed by atoms with E-state index in [0.29, 0.717) is 6.54 Å². The first-order valence-corrected chi connectivity index (χ1v) is 5.69. The number of carbonyl (C=O) groups is 2. The summed E-state index contributed by atoms with van der Waals surface area (Å²) in [5, 5.41) is 6.32. The summed E-state index contributed by atoms with van der Waals surface area (Å²) in [6.07, 6.45) is 3.12. The van der Waals surface area contributed by atoms with Crippen molar-refractivity contribution in [3.05, 3.63) is 23.5 Å². The first-order chi connectivity index (χ1) is 7.81. The van der Waals surface area contributed by atoms with Gasteiger partial charge in [0.2, 0.25) is 0 Å². The lowest BCUT2D eigenvalue weighted by Gasteiger charge is -2.17. The molecule has 0 heterocycles. The summed E-state index contributed by atoms with van der Waals surface area (Å²) in [7, 11) is 0. The van der Waals surface area contributed by atoms with Crippen LogP contribution in [0, 0.1) is 0 Å². The zero-order valence-corrected chi connectivity index (χ0v) is 11.3. The second-order valence-corrected chi connectivity index (χ2v) is 4.30. The maximum atomic E-state index is 10.8. The molecular formula is C13H22N2O2. The third kappa shape index (κ3) is 9.35. The number of nitrogens with one attached hydrogen (secondary N) is 2. The summed E-state index contributed by atoms with van der Waals surface area (Å²) in [6, 6.07) is 0.181. The van der Waals surface area contributed by atoms with E-state index in [9.17, 15) is 9.59 Å². The molecule has 96 valence electrons. The van der Waals surface area contributed by atoms with Crippen molar-refractivity contribution in [2.24, 2.45) is 0 Å². The summed E-state index contributed by atoms with van der Waals surface area (Å²) in [6.45, 7) is 9.45.